The molecule has 0 unspecified atom stereocenters. The summed E-state index contributed by atoms with van der Waals surface area (Å²) in [4.78, 5) is 13.3. The summed E-state index contributed by atoms with van der Waals surface area (Å²) in [6.45, 7) is 3.46. The first kappa shape index (κ1) is 29.1. The number of nitrogens with zero attached hydrogens (tertiary/aromatic N) is 3. The number of amides is 1. The van der Waals surface area contributed by atoms with Gasteiger partial charge < -0.3 is 20.4 Å². The highest BCUT2D eigenvalue weighted by Crippen LogP contribution is 2.29. The van der Waals surface area contributed by atoms with Gasteiger partial charge in [-0.3, -0.25) is 0 Å². The average molecular weight is 517 g/mol. The van der Waals surface area contributed by atoms with Crippen LogP contribution in [0.5, 0.6) is 0 Å². The van der Waals surface area contributed by atoms with Crippen molar-refractivity contribution in [2.45, 2.75) is 50.2 Å². The van der Waals surface area contributed by atoms with E-state index in [2.05, 4.69) is 11.4 Å². The molecule has 0 aliphatic rings. The molecule has 2 aromatic rings. The molecule has 2 atom stereocenters. The Bertz CT molecular complexity index is 1150. The molecule has 0 saturated heterocycles. The maximum absolute atomic E-state index is 13.8. The van der Waals surface area contributed by atoms with E-state index < -0.39 is 33.7 Å². The third-order valence-electron chi connectivity index (χ3n) is 5.95. The highest BCUT2D eigenvalue weighted by atomic mass is 32.2. The molecule has 36 heavy (non-hydrogen) atoms. The predicted molar refractivity (Wildman–Crippen MR) is 139 cm³/mol. The molecule has 1 amide bonds. The fourth-order valence-electron chi connectivity index (χ4n) is 3.92. The number of sulfonamides is 1. The van der Waals surface area contributed by atoms with Crippen LogP contribution in [0.15, 0.2) is 59.5 Å². The van der Waals surface area contributed by atoms with E-state index in [9.17, 15) is 23.4 Å². The molecule has 0 aromatic heterocycles. The summed E-state index contributed by atoms with van der Waals surface area (Å²) in [7, 11) is -0.438. The molecule has 9 nitrogen and oxygen atoms in total. The van der Waals surface area contributed by atoms with Crippen molar-refractivity contribution in [3.8, 4) is 6.07 Å². The number of anilines is 1. The first-order chi connectivity index (χ1) is 16.9. The van der Waals surface area contributed by atoms with Gasteiger partial charge in [-0.05, 0) is 42.0 Å². The average Bonchev–Trinajstić information content (AvgIpc) is 2.82. The monoisotopic (exact) mass is 516 g/mol. The minimum Gasteiger partial charge on any atom is -0.465 e. The molecule has 10 heteroatoms. The number of aliphatic hydroxyl groups is 1. The first-order valence-electron chi connectivity index (χ1n) is 11.7. The molecule has 0 bridgehead atoms. The maximum Gasteiger partial charge on any atom is 0.404 e. The molecule has 0 saturated carbocycles. The highest BCUT2D eigenvalue weighted by Gasteiger charge is 2.34. The molecule has 0 heterocycles. The number of aliphatic hydroxyl groups excluding tert-OH is 1. The van der Waals surface area contributed by atoms with E-state index in [1.165, 1.54) is 10.4 Å². The summed E-state index contributed by atoms with van der Waals surface area (Å²) in [6.07, 6.45) is -1.71. The quantitative estimate of drug-likeness (QED) is 0.372. The topological polar surface area (TPSA) is 134 Å². The zero-order valence-electron chi connectivity index (χ0n) is 21.3. The Labute approximate surface area is 214 Å². The lowest BCUT2D eigenvalue weighted by atomic mass is 9.88. The first-order valence-corrected chi connectivity index (χ1v) is 13.2. The van der Waals surface area contributed by atoms with Gasteiger partial charge in [-0.2, -0.15) is 9.57 Å². The van der Waals surface area contributed by atoms with Crippen molar-refractivity contribution >= 4 is 21.8 Å². The normalized spacial score (nSPS) is 13.6. The van der Waals surface area contributed by atoms with Crippen molar-refractivity contribution in [2.75, 3.05) is 32.1 Å². The zero-order chi connectivity index (χ0) is 26.9. The Hall–Kier alpha value is -3.13. The number of carbonyl (C=O) groups is 1. The van der Waals surface area contributed by atoms with Crippen molar-refractivity contribution in [3.05, 3.63) is 60.2 Å². The van der Waals surface area contributed by atoms with Crippen LogP contribution >= 0.6 is 0 Å². The van der Waals surface area contributed by atoms with Crippen LogP contribution in [0.4, 0.5) is 10.5 Å². The van der Waals surface area contributed by atoms with Gasteiger partial charge in [0.1, 0.15) is 0 Å². The Kier molecular flexibility index (Phi) is 10.3. The highest BCUT2D eigenvalue weighted by molar-refractivity contribution is 7.89. The van der Waals surface area contributed by atoms with E-state index in [0.717, 1.165) is 5.56 Å². The van der Waals surface area contributed by atoms with Gasteiger partial charge in [0.05, 0.1) is 23.1 Å². The summed E-state index contributed by atoms with van der Waals surface area (Å²) in [6, 6.07) is 16.8. The molecule has 0 radical (unpaired) electrons. The fourth-order valence-corrected chi connectivity index (χ4v) is 5.60. The Morgan fingerprint density at radius 2 is 1.81 bits per heavy atom. The van der Waals surface area contributed by atoms with Crippen LogP contribution in [0.25, 0.3) is 0 Å². The second-order valence-electron chi connectivity index (χ2n) is 9.82. The predicted octanol–water partition coefficient (Wildman–Crippen LogP) is 3.31. The lowest BCUT2D eigenvalue weighted by molar-refractivity contribution is 0.0908. The summed E-state index contributed by atoms with van der Waals surface area (Å²) < 4.78 is 28.8. The molecule has 2 rings (SSSR count). The van der Waals surface area contributed by atoms with Crippen molar-refractivity contribution < 1.29 is 23.4 Å². The van der Waals surface area contributed by atoms with E-state index in [1.807, 2.05) is 58.3 Å². The van der Waals surface area contributed by atoms with Gasteiger partial charge >= 0.3 is 6.09 Å². The van der Waals surface area contributed by atoms with Gasteiger partial charge in [0.2, 0.25) is 10.0 Å². The summed E-state index contributed by atoms with van der Waals surface area (Å²) >= 11 is 0. The maximum atomic E-state index is 13.8. The van der Waals surface area contributed by atoms with Gasteiger partial charge in [-0.15, -0.1) is 0 Å². The van der Waals surface area contributed by atoms with Crippen LogP contribution in [0.2, 0.25) is 0 Å². The number of hydrogen-bond donors (Lipinski definition) is 3. The number of carboxylic acid groups (broad SMARTS) is 1. The number of nitrogens with one attached hydrogen (secondary N) is 1. The Morgan fingerprint density at radius 3 is 2.39 bits per heavy atom. The zero-order valence-corrected chi connectivity index (χ0v) is 22.1. The molecule has 0 aliphatic carbocycles. The third-order valence-corrected chi connectivity index (χ3v) is 7.76. The molecule has 3 N–H and O–H groups in total. The van der Waals surface area contributed by atoms with Crippen molar-refractivity contribution in [1.29, 1.82) is 5.26 Å². The third kappa shape index (κ3) is 8.52. The van der Waals surface area contributed by atoms with E-state index in [1.54, 1.807) is 23.1 Å². The van der Waals surface area contributed by atoms with Crippen molar-refractivity contribution in [1.82, 2.24) is 9.62 Å². The summed E-state index contributed by atoms with van der Waals surface area (Å²) in [5, 5.41) is 31.9. The van der Waals surface area contributed by atoms with Crippen LogP contribution in [-0.2, 0) is 16.4 Å². The molecular weight excluding hydrogens is 480 g/mol. The minimum atomic E-state index is -4.06. The molecule has 0 spiro atoms. The number of rotatable bonds is 13. The van der Waals surface area contributed by atoms with Crippen LogP contribution in [-0.4, -0.2) is 68.4 Å². The molecular formula is C26H36N4O5S. The fraction of sp³-hybridized carbons (Fsp3) is 0.462. The summed E-state index contributed by atoms with van der Waals surface area (Å²) in [5.74, 6) is 0. The van der Waals surface area contributed by atoms with E-state index in [4.69, 9.17) is 5.26 Å². The van der Waals surface area contributed by atoms with Gasteiger partial charge in [0.25, 0.3) is 0 Å². The number of nitriles is 1. The number of benzene rings is 2. The van der Waals surface area contributed by atoms with Crippen molar-refractivity contribution in [2.24, 2.45) is 5.41 Å². The smallest absolute Gasteiger partial charge is 0.404 e. The van der Waals surface area contributed by atoms with Gasteiger partial charge in [0.15, 0.2) is 0 Å². The second kappa shape index (κ2) is 12.7. The van der Waals surface area contributed by atoms with E-state index in [0.29, 0.717) is 12.1 Å². The molecule has 196 valence electrons. The van der Waals surface area contributed by atoms with Crippen LogP contribution in [0, 0.1) is 16.7 Å². The molecule has 0 fully saturated rings. The Balaban J connectivity index is 2.42. The Morgan fingerprint density at radius 1 is 1.14 bits per heavy atom. The largest absolute Gasteiger partial charge is 0.465 e. The number of hydrogen-bond acceptors (Lipinski definition) is 6. The van der Waals surface area contributed by atoms with Gasteiger partial charge in [-0.1, -0.05) is 50.2 Å². The van der Waals surface area contributed by atoms with Crippen LogP contribution in [0.3, 0.4) is 0 Å². The van der Waals surface area contributed by atoms with Crippen molar-refractivity contribution in [3.63, 3.8) is 0 Å². The molecule has 2 aromatic carbocycles. The van der Waals surface area contributed by atoms with E-state index in [-0.39, 0.29) is 30.8 Å². The van der Waals surface area contributed by atoms with Gasteiger partial charge in [-0.25, -0.2) is 13.2 Å². The van der Waals surface area contributed by atoms with Crippen LogP contribution in [0.1, 0.15) is 32.3 Å². The standard InChI is InChI=1S/C26H36N4O5S/c1-26(2,14-9-15-27)19-30(36(34,35)22-13-8-12-21(17-22)29(3)4)18-24(31)23(28-25(32)33)16-20-10-6-5-7-11-20/h5-8,10-13,17,23-24,28,31H,9,14,16,18-19H2,1-4H3,(H,32,33)/t23-,24-/m0/s1. The SMILES string of the molecule is CN(C)c1cccc(S(=O)(=O)N(C[C@H](O)[C@H](Cc2ccccc2)NC(=O)O)CC(C)(C)CCC#N)c1. The molecule has 0 aliphatic heterocycles. The lowest BCUT2D eigenvalue weighted by Crippen LogP contribution is -2.51. The lowest BCUT2D eigenvalue weighted by Gasteiger charge is -2.34. The second-order valence-corrected chi connectivity index (χ2v) is 11.8. The van der Waals surface area contributed by atoms with Gasteiger partial charge in [0, 0.05) is 39.3 Å². The minimum absolute atomic E-state index is 0.0470. The summed E-state index contributed by atoms with van der Waals surface area (Å²) in [5.41, 5.74) is 0.948. The van der Waals surface area contributed by atoms with E-state index >= 15 is 0 Å². The van der Waals surface area contributed by atoms with Crippen LogP contribution < -0.4 is 10.2 Å².